The summed E-state index contributed by atoms with van der Waals surface area (Å²) in [6, 6.07) is 9.89. The van der Waals surface area contributed by atoms with Gasteiger partial charge in [0.1, 0.15) is 0 Å². The SMILES string of the molecule is CCCc1nc(P(=O)(OCC)OCC)c(NCc2ccccc2)o1. The third-order valence-corrected chi connectivity index (χ3v) is 5.29. The molecule has 0 unspecified atom stereocenters. The number of aromatic nitrogens is 1. The molecule has 0 amide bonds. The Labute approximate surface area is 143 Å². The quantitative estimate of drug-likeness (QED) is 0.648. The lowest BCUT2D eigenvalue weighted by Crippen LogP contribution is -2.16. The Morgan fingerprint density at radius 3 is 2.38 bits per heavy atom. The molecule has 0 atom stereocenters. The molecule has 6 nitrogen and oxygen atoms in total. The first-order valence-electron chi connectivity index (χ1n) is 8.30. The van der Waals surface area contributed by atoms with Crippen LogP contribution >= 0.6 is 7.60 Å². The summed E-state index contributed by atoms with van der Waals surface area (Å²) in [6.45, 7) is 6.65. The second-order valence-corrected chi connectivity index (χ2v) is 7.12. The largest absolute Gasteiger partial charge is 0.424 e. The molecule has 7 heteroatoms. The third-order valence-electron chi connectivity index (χ3n) is 3.27. The van der Waals surface area contributed by atoms with Crippen LogP contribution in [0.4, 0.5) is 5.88 Å². The van der Waals surface area contributed by atoms with Gasteiger partial charge in [-0.3, -0.25) is 4.57 Å². The van der Waals surface area contributed by atoms with E-state index in [9.17, 15) is 4.57 Å². The maximum Gasteiger partial charge on any atom is 0.385 e. The van der Waals surface area contributed by atoms with Crippen LogP contribution in [0, 0.1) is 0 Å². The van der Waals surface area contributed by atoms with Gasteiger partial charge in [0.2, 0.25) is 11.3 Å². The van der Waals surface area contributed by atoms with Gasteiger partial charge >= 0.3 is 7.60 Å². The molecule has 1 N–H and O–H groups in total. The number of anilines is 1. The zero-order chi connectivity index (χ0) is 17.4. The number of oxazole rings is 1. The van der Waals surface area contributed by atoms with Crippen LogP contribution in [0.25, 0.3) is 0 Å². The van der Waals surface area contributed by atoms with Crippen LogP contribution in [-0.4, -0.2) is 18.2 Å². The van der Waals surface area contributed by atoms with E-state index in [-0.39, 0.29) is 18.6 Å². The first kappa shape index (κ1) is 18.7. The summed E-state index contributed by atoms with van der Waals surface area (Å²) in [4.78, 5) is 4.38. The van der Waals surface area contributed by atoms with Crippen LogP contribution in [-0.2, 0) is 26.6 Å². The monoisotopic (exact) mass is 352 g/mol. The lowest BCUT2D eigenvalue weighted by Gasteiger charge is -2.15. The second kappa shape index (κ2) is 9.02. The fraction of sp³-hybridized carbons (Fsp3) is 0.471. The Morgan fingerprint density at radius 2 is 1.79 bits per heavy atom. The summed E-state index contributed by atoms with van der Waals surface area (Å²) in [5.41, 5.74) is 1.31. The van der Waals surface area contributed by atoms with Crippen molar-refractivity contribution in [3.05, 3.63) is 41.8 Å². The molecule has 2 aromatic rings. The van der Waals surface area contributed by atoms with Crippen molar-refractivity contribution in [3.63, 3.8) is 0 Å². The fourth-order valence-corrected chi connectivity index (χ4v) is 3.86. The Kier molecular flexibility index (Phi) is 7.03. The first-order chi connectivity index (χ1) is 11.6. The van der Waals surface area contributed by atoms with Crippen molar-refractivity contribution in [2.75, 3.05) is 18.5 Å². The van der Waals surface area contributed by atoms with E-state index in [0.717, 1.165) is 12.0 Å². The van der Waals surface area contributed by atoms with Crippen LogP contribution in [0.2, 0.25) is 0 Å². The Balaban J connectivity index is 2.29. The molecule has 132 valence electrons. The van der Waals surface area contributed by atoms with Crippen molar-refractivity contribution in [2.24, 2.45) is 0 Å². The molecule has 1 heterocycles. The topological polar surface area (TPSA) is 73.6 Å². The van der Waals surface area contributed by atoms with E-state index in [4.69, 9.17) is 13.5 Å². The highest BCUT2D eigenvalue weighted by Gasteiger charge is 2.35. The van der Waals surface area contributed by atoms with Crippen LogP contribution in [0.15, 0.2) is 34.7 Å². The minimum Gasteiger partial charge on any atom is -0.424 e. The molecule has 0 radical (unpaired) electrons. The predicted octanol–water partition coefficient (Wildman–Crippen LogP) is 4.13. The van der Waals surface area contributed by atoms with Crippen LogP contribution in [0.3, 0.4) is 0 Å². The number of benzene rings is 1. The summed E-state index contributed by atoms with van der Waals surface area (Å²) in [5, 5.41) is 3.17. The molecule has 0 spiro atoms. The molecule has 1 aromatic carbocycles. The average molecular weight is 352 g/mol. The van der Waals surface area contributed by atoms with Gasteiger partial charge in [-0.15, -0.1) is 0 Å². The molecule has 0 saturated carbocycles. The second-order valence-electron chi connectivity index (χ2n) is 5.18. The van der Waals surface area contributed by atoms with Crippen LogP contribution in [0.5, 0.6) is 0 Å². The van der Waals surface area contributed by atoms with Gasteiger partial charge in [0.15, 0.2) is 5.89 Å². The highest BCUT2D eigenvalue weighted by Crippen LogP contribution is 2.48. The van der Waals surface area contributed by atoms with Gasteiger partial charge in [-0.05, 0) is 25.8 Å². The van der Waals surface area contributed by atoms with Gasteiger partial charge < -0.3 is 18.8 Å². The molecular formula is C17H25N2O4P. The lowest BCUT2D eigenvalue weighted by atomic mass is 10.2. The molecule has 2 rings (SSSR count). The molecule has 0 bridgehead atoms. The molecule has 0 fully saturated rings. The Hall–Kier alpha value is -1.62. The van der Waals surface area contributed by atoms with Gasteiger partial charge in [0, 0.05) is 13.0 Å². The molecule has 0 saturated heterocycles. The standard InChI is InChI=1S/C17H25N2O4P/c1-4-10-15-19-17(24(20,21-5-2)22-6-3)16(23-15)18-13-14-11-8-7-9-12-14/h7-9,11-12,18H,4-6,10,13H2,1-3H3. The Morgan fingerprint density at radius 1 is 1.12 bits per heavy atom. The fourth-order valence-electron chi connectivity index (χ4n) is 2.25. The van der Waals surface area contributed by atoms with E-state index < -0.39 is 7.60 Å². The van der Waals surface area contributed by atoms with Crippen molar-refractivity contribution in [1.82, 2.24) is 4.98 Å². The van der Waals surface area contributed by atoms with Crippen molar-refractivity contribution in [1.29, 1.82) is 0 Å². The highest BCUT2D eigenvalue weighted by atomic mass is 31.2. The molecule has 0 aliphatic carbocycles. The minimum absolute atomic E-state index is 0.227. The summed E-state index contributed by atoms with van der Waals surface area (Å²) in [6.07, 6.45) is 1.55. The zero-order valence-corrected chi connectivity index (χ0v) is 15.3. The van der Waals surface area contributed by atoms with Gasteiger partial charge in [0.05, 0.1) is 13.2 Å². The molecule has 0 aliphatic rings. The van der Waals surface area contributed by atoms with E-state index in [1.165, 1.54) is 0 Å². The van der Waals surface area contributed by atoms with Crippen molar-refractivity contribution >= 4 is 18.9 Å². The minimum atomic E-state index is -3.50. The number of rotatable bonds is 10. The van der Waals surface area contributed by atoms with Gasteiger partial charge in [-0.1, -0.05) is 37.3 Å². The summed E-state index contributed by atoms with van der Waals surface area (Å²) >= 11 is 0. The third kappa shape index (κ3) is 4.69. The smallest absolute Gasteiger partial charge is 0.385 e. The molecule has 0 aliphatic heterocycles. The van der Waals surface area contributed by atoms with E-state index in [2.05, 4.69) is 10.3 Å². The lowest BCUT2D eigenvalue weighted by molar-refractivity contribution is 0.229. The van der Waals surface area contributed by atoms with E-state index in [1.807, 2.05) is 37.3 Å². The maximum atomic E-state index is 13.1. The summed E-state index contributed by atoms with van der Waals surface area (Å²) in [5.74, 6) is 0.884. The van der Waals surface area contributed by atoms with Gasteiger partial charge in [-0.25, -0.2) is 4.98 Å². The van der Waals surface area contributed by atoms with Crippen molar-refractivity contribution < 1.29 is 18.0 Å². The number of hydrogen-bond acceptors (Lipinski definition) is 6. The van der Waals surface area contributed by atoms with Crippen LogP contribution in [0.1, 0.15) is 38.6 Å². The van der Waals surface area contributed by atoms with E-state index in [1.54, 1.807) is 13.8 Å². The van der Waals surface area contributed by atoms with Crippen LogP contribution < -0.4 is 10.8 Å². The summed E-state index contributed by atoms with van der Waals surface area (Å²) < 4.78 is 29.6. The number of nitrogens with zero attached hydrogens (tertiary/aromatic N) is 1. The molecular weight excluding hydrogens is 327 g/mol. The number of hydrogen-bond donors (Lipinski definition) is 1. The zero-order valence-electron chi connectivity index (χ0n) is 14.4. The predicted molar refractivity (Wildman–Crippen MR) is 94.8 cm³/mol. The Bertz CT molecular complexity index is 662. The van der Waals surface area contributed by atoms with Gasteiger partial charge in [0.25, 0.3) is 0 Å². The summed E-state index contributed by atoms with van der Waals surface area (Å²) in [7, 11) is -3.50. The average Bonchev–Trinajstić information content (AvgIpc) is 2.98. The van der Waals surface area contributed by atoms with E-state index >= 15 is 0 Å². The van der Waals surface area contributed by atoms with Gasteiger partial charge in [-0.2, -0.15) is 0 Å². The number of aryl methyl sites for hydroxylation is 1. The normalized spacial score (nSPS) is 11.6. The number of nitrogens with one attached hydrogen (secondary N) is 1. The molecule has 24 heavy (non-hydrogen) atoms. The van der Waals surface area contributed by atoms with Crippen molar-refractivity contribution in [2.45, 2.75) is 40.2 Å². The highest BCUT2D eigenvalue weighted by molar-refractivity contribution is 7.62. The molecule has 1 aromatic heterocycles. The maximum absolute atomic E-state index is 13.1. The van der Waals surface area contributed by atoms with E-state index in [0.29, 0.717) is 24.7 Å². The van der Waals surface area contributed by atoms with Crippen molar-refractivity contribution in [3.8, 4) is 0 Å². The first-order valence-corrected chi connectivity index (χ1v) is 9.84.